The third-order valence-electron chi connectivity index (χ3n) is 6.97. The van der Waals surface area contributed by atoms with Crippen molar-refractivity contribution in [3.8, 4) is 28.3 Å². The number of rotatable bonds is 3. The molecule has 1 unspecified atom stereocenters. The summed E-state index contributed by atoms with van der Waals surface area (Å²) in [6, 6.07) is 20.1. The number of ether oxygens (including phenoxy) is 1. The molecule has 3 nitrogen and oxygen atoms in total. The molecule has 0 saturated heterocycles. The summed E-state index contributed by atoms with van der Waals surface area (Å²) in [5, 5.41) is 4.06. The van der Waals surface area contributed by atoms with Gasteiger partial charge in [-0.25, -0.2) is 0 Å². The standard InChI is InChI=1S/C29H21Br2NO2/c1-4-15(2)17-9-5-7-11-23(17)32-16(3)19-13-21(30)26-18-10-6-8-12-24(18)34-28-22(31)14-20(29(32)33)25(19)27(26)28/h5-15H,3-4H2,1-2H3. The minimum atomic E-state index is -0.0763. The van der Waals surface area contributed by atoms with Gasteiger partial charge in [-0.15, -0.1) is 0 Å². The van der Waals surface area contributed by atoms with Gasteiger partial charge in [0.15, 0.2) is 0 Å². The van der Waals surface area contributed by atoms with Crippen molar-refractivity contribution in [2.45, 2.75) is 26.2 Å². The van der Waals surface area contributed by atoms with Gasteiger partial charge in [-0.2, -0.15) is 0 Å². The molecule has 0 bridgehead atoms. The maximum Gasteiger partial charge on any atom is 0.263 e. The molecule has 0 saturated carbocycles. The molecule has 1 aliphatic rings. The molecule has 5 aromatic rings. The molecule has 34 heavy (non-hydrogen) atoms. The van der Waals surface area contributed by atoms with E-state index in [0.717, 1.165) is 65.4 Å². The van der Waals surface area contributed by atoms with E-state index in [1.54, 1.807) is 4.57 Å². The Hall–Kier alpha value is -2.89. The molecule has 0 radical (unpaired) electrons. The van der Waals surface area contributed by atoms with Crippen molar-refractivity contribution in [2.75, 3.05) is 0 Å². The minimum Gasteiger partial charge on any atom is -0.455 e. The Morgan fingerprint density at radius 1 is 0.971 bits per heavy atom. The van der Waals surface area contributed by atoms with Crippen LogP contribution in [0.3, 0.4) is 0 Å². The van der Waals surface area contributed by atoms with E-state index in [4.69, 9.17) is 4.74 Å². The molecule has 168 valence electrons. The zero-order chi connectivity index (χ0) is 23.7. The average Bonchev–Trinajstić information content (AvgIpc) is 2.85. The summed E-state index contributed by atoms with van der Waals surface area (Å²) in [5.41, 5.74) is 3.99. The summed E-state index contributed by atoms with van der Waals surface area (Å²) < 4.78 is 9.82. The van der Waals surface area contributed by atoms with Gasteiger partial charge in [0.25, 0.3) is 5.56 Å². The second kappa shape index (κ2) is 7.82. The molecule has 5 heteroatoms. The van der Waals surface area contributed by atoms with Gasteiger partial charge in [0.2, 0.25) is 0 Å². The normalized spacial score (nSPS) is 13.2. The number of benzene rings is 4. The highest BCUT2D eigenvalue weighted by Gasteiger charge is 2.28. The highest BCUT2D eigenvalue weighted by molar-refractivity contribution is 9.11. The topological polar surface area (TPSA) is 31.2 Å². The number of fused-ring (bicyclic) bond motifs is 2. The van der Waals surface area contributed by atoms with Crippen LogP contribution in [0, 0.1) is 0 Å². The number of hydrogen-bond donors (Lipinski definition) is 0. The zero-order valence-electron chi connectivity index (χ0n) is 18.8. The number of nitrogens with zero attached hydrogens (tertiary/aromatic N) is 1. The van der Waals surface area contributed by atoms with E-state index in [0.29, 0.717) is 16.7 Å². The number of aromatic nitrogens is 1. The Labute approximate surface area is 213 Å². The Morgan fingerprint density at radius 3 is 2.47 bits per heavy atom. The van der Waals surface area contributed by atoms with Gasteiger partial charge >= 0.3 is 0 Å². The Bertz CT molecular complexity index is 1720. The van der Waals surface area contributed by atoms with E-state index >= 15 is 0 Å². The highest BCUT2D eigenvalue weighted by Crippen LogP contribution is 2.53. The first-order valence-electron chi connectivity index (χ1n) is 11.3. The summed E-state index contributed by atoms with van der Waals surface area (Å²) >= 11 is 7.53. The summed E-state index contributed by atoms with van der Waals surface area (Å²) in [4.78, 5) is 14.1. The third-order valence-corrected chi connectivity index (χ3v) is 8.18. The molecule has 1 aliphatic heterocycles. The SMILES string of the molecule is C=c1c2cc(Br)c3c4c(c(Br)cc(c(=O)n1-c1ccccc1C(C)CC)c42)Oc1ccccc1-3. The summed E-state index contributed by atoms with van der Waals surface area (Å²) in [6.45, 7) is 8.77. The lowest BCUT2D eigenvalue weighted by atomic mass is 9.91. The lowest BCUT2D eigenvalue weighted by Gasteiger charge is -2.25. The molecular formula is C29H21Br2NO2. The number of halogens is 2. The van der Waals surface area contributed by atoms with Crippen molar-refractivity contribution < 1.29 is 4.74 Å². The molecule has 0 amide bonds. The van der Waals surface area contributed by atoms with E-state index in [-0.39, 0.29) is 5.56 Å². The van der Waals surface area contributed by atoms with Crippen molar-refractivity contribution in [1.29, 1.82) is 0 Å². The quantitative estimate of drug-likeness (QED) is 0.214. The van der Waals surface area contributed by atoms with Gasteiger partial charge in [-0.3, -0.25) is 9.36 Å². The molecular weight excluding hydrogens is 554 g/mol. The lowest BCUT2D eigenvalue weighted by molar-refractivity contribution is 0.484. The van der Waals surface area contributed by atoms with Gasteiger partial charge in [0, 0.05) is 37.1 Å². The minimum absolute atomic E-state index is 0.0763. The number of hydrogen-bond acceptors (Lipinski definition) is 2. The van der Waals surface area contributed by atoms with E-state index in [2.05, 4.69) is 70.5 Å². The van der Waals surface area contributed by atoms with Crippen LogP contribution >= 0.6 is 31.9 Å². The van der Waals surface area contributed by atoms with Gasteiger partial charge in [0.1, 0.15) is 11.5 Å². The molecule has 6 rings (SSSR count). The predicted octanol–water partition coefficient (Wildman–Crippen LogP) is 8.08. The smallest absolute Gasteiger partial charge is 0.263 e. The molecule has 0 spiro atoms. The summed E-state index contributed by atoms with van der Waals surface area (Å²) in [6.07, 6.45) is 0.984. The van der Waals surface area contributed by atoms with Gasteiger partial charge in [0.05, 0.1) is 15.5 Å². The first kappa shape index (κ1) is 21.6. The molecule has 0 N–H and O–H groups in total. The fourth-order valence-corrected chi connectivity index (χ4v) is 6.27. The third kappa shape index (κ3) is 2.90. The molecule has 1 aromatic heterocycles. The van der Waals surface area contributed by atoms with E-state index in [1.165, 1.54) is 0 Å². The molecule has 0 fully saturated rings. The van der Waals surface area contributed by atoms with Gasteiger partial charge < -0.3 is 4.74 Å². The van der Waals surface area contributed by atoms with Crippen LogP contribution in [0.15, 0.2) is 74.4 Å². The zero-order valence-corrected chi connectivity index (χ0v) is 22.0. The van der Waals surface area contributed by atoms with Crippen molar-refractivity contribution in [2.24, 2.45) is 0 Å². The van der Waals surface area contributed by atoms with Crippen molar-refractivity contribution in [1.82, 2.24) is 4.57 Å². The second-order valence-electron chi connectivity index (χ2n) is 8.82. The van der Waals surface area contributed by atoms with Crippen LogP contribution in [-0.4, -0.2) is 4.57 Å². The van der Waals surface area contributed by atoms with Crippen molar-refractivity contribution in [3.05, 3.63) is 90.9 Å². The van der Waals surface area contributed by atoms with Gasteiger partial charge in [-0.1, -0.05) is 72.8 Å². The van der Waals surface area contributed by atoms with Crippen LogP contribution in [-0.2, 0) is 0 Å². The van der Waals surface area contributed by atoms with Crippen molar-refractivity contribution in [3.63, 3.8) is 0 Å². The Kier molecular flexibility index (Phi) is 4.98. The van der Waals surface area contributed by atoms with Crippen LogP contribution in [0.1, 0.15) is 31.7 Å². The summed E-state index contributed by atoms with van der Waals surface area (Å²) in [5.74, 6) is 1.84. The largest absolute Gasteiger partial charge is 0.455 e. The highest BCUT2D eigenvalue weighted by atomic mass is 79.9. The Morgan fingerprint density at radius 2 is 1.68 bits per heavy atom. The Balaban J connectivity index is 1.82. The molecule has 0 aliphatic carbocycles. The fourth-order valence-electron chi connectivity index (χ4n) is 5.12. The van der Waals surface area contributed by atoms with Gasteiger partial charge in [-0.05, 0) is 58.1 Å². The van der Waals surface area contributed by atoms with Crippen molar-refractivity contribution >= 4 is 60.0 Å². The first-order chi connectivity index (χ1) is 16.4. The van der Waals surface area contributed by atoms with E-state index < -0.39 is 0 Å². The van der Waals surface area contributed by atoms with E-state index in [1.807, 2.05) is 42.5 Å². The maximum atomic E-state index is 14.1. The molecule has 4 aromatic carbocycles. The molecule has 1 atom stereocenters. The average molecular weight is 575 g/mol. The van der Waals surface area contributed by atoms with Crippen LogP contribution < -0.4 is 15.6 Å². The maximum absolute atomic E-state index is 14.1. The first-order valence-corrected chi connectivity index (χ1v) is 12.9. The predicted molar refractivity (Wildman–Crippen MR) is 147 cm³/mol. The number of pyridine rings is 1. The summed E-state index contributed by atoms with van der Waals surface area (Å²) in [7, 11) is 0. The van der Waals surface area contributed by atoms with Crippen LogP contribution in [0.2, 0.25) is 0 Å². The molecule has 2 heterocycles. The number of para-hydroxylation sites is 2. The van der Waals surface area contributed by atoms with E-state index in [9.17, 15) is 4.79 Å². The monoisotopic (exact) mass is 573 g/mol. The van der Waals surface area contributed by atoms with Crippen LogP contribution in [0.25, 0.3) is 44.9 Å². The van der Waals surface area contributed by atoms with Crippen LogP contribution in [0.4, 0.5) is 0 Å². The fraction of sp³-hybridized carbons (Fsp3) is 0.138. The van der Waals surface area contributed by atoms with Crippen LogP contribution in [0.5, 0.6) is 11.5 Å². The lowest BCUT2D eigenvalue weighted by Crippen LogP contribution is -2.33. The second-order valence-corrected chi connectivity index (χ2v) is 10.5.